The van der Waals surface area contributed by atoms with Gasteiger partial charge in [0.25, 0.3) is 5.91 Å². The van der Waals surface area contributed by atoms with Crippen LogP contribution in [0.15, 0.2) is 58.9 Å². The molecule has 1 aromatic heterocycles. The maximum absolute atomic E-state index is 11.6. The van der Waals surface area contributed by atoms with Gasteiger partial charge in [-0.05, 0) is 43.2 Å². The predicted octanol–water partition coefficient (Wildman–Crippen LogP) is 3.43. The van der Waals surface area contributed by atoms with Crippen LogP contribution in [0.2, 0.25) is 0 Å². The summed E-state index contributed by atoms with van der Waals surface area (Å²) in [6.45, 7) is 1.46. The van der Waals surface area contributed by atoms with Crippen molar-refractivity contribution >= 4 is 22.9 Å². The minimum atomic E-state index is -0.658. The highest BCUT2D eigenvalue weighted by Crippen LogP contribution is 2.27. The molecule has 0 aliphatic carbocycles. The summed E-state index contributed by atoms with van der Waals surface area (Å²) >= 11 is 1.53. The van der Waals surface area contributed by atoms with Crippen LogP contribution >= 0.6 is 11.3 Å². The number of nitrogens with zero attached hydrogens (tertiary/aromatic N) is 2. The topological polar surface area (TPSA) is 89.8 Å². The van der Waals surface area contributed by atoms with Crippen LogP contribution in [0.1, 0.15) is 23.2 Å². The number of amides is 1. The van der Waals surface area contributed by atoms with E-state index in [0.29, 0.717) is 6.54 Å². The number of benzene rings is 2. The van der Waals surface area contributed by atoms with E-state index in [1.807, 2.05) is 35.7 Å². The highest BCUT2D eigenvalue weighted by atomic mass is 32.1. The largest absolute Gasteiger partial charge is 0.507 e. The van der Waals surface area contributed by atoms with Crippen molar-refractivity contribution in [2.75, 3.05) is 6.61 Å². The van der Waals surface area contributed by atoms with Crippen LogP contribution in [0.25, 0.3) is 11.3 Å². The van der Waals surface area contributed by atoms with Crippen molar-refractivity contribution in [3.05, 3.63) is 64.3 Å². The Labute approximate surface area is 166 Å². The van der Waals surface area contributed by atoms with Crippen molar-refractivity contribution in [3.63, 3.8) is 0 Å². The third-order valence-electron chi connectivity index (χ3n) is 4.75. The predicted molar refractivity (Wildman–Crippen MR) is 109 cm³/mol. The molecule has 1 fully saturated rings. The molecule has 1 aliphatic rings. The second kappa shape index (κ2) is 8.00. The molecule has 4 rings (SSSR count). The molecule has 28 heavy (non-hydrogen) atoms. The van der Waals surface area contributed by atoms with Gasteiger partial charge in [0.2, 0.25) is 0 Å². The van der Waals surface area contributed by atoms with Crippen LogP contribution in [0, 0.1) is 0 Å². The molecular formula is C21H21N3O3S. The van der Waals surface area contributed by atoms with Gasteiger partial charge in [-0.1, -0.05) is 18.2 Å². The summed E-state index contributed by atoms with van der Waals surface area (Å²) in [5, 5.41) is 11.9. The third-order valence-corrected chi connectivity index (χ3v) is 5.61. The van der Waals surface area contributed by atoms with Gasteiger partial charge >= 0.3 is 0 Å². The maximum Gasteiger partial charge on any atom is 0.252 e. The van der Waals surface area contributed by atoms with Crippen molar-refractivity contribution in [1.29, 1.82) is 0 Å². The van der Waals surface area contributed by atoms with Crippen LogP contribution < -0.4 is 10.5 Å². The Kier molecular flexibility index (Phi) is 5.27. The van der Waals surface area contributed by atoms with E-state index in [1.165, 1.54) is 17.4 Å². The summed E-state index contributed by atoms with van der Waals surface area (Å²) in [6, 6.07) is 14.7. The van der Waals surface area contributed by atoms with Crippen molar-refractivity contribution in [2.45, 2.75) is 25.5 Å². The number of aromatic hydroxyl groups is 1. The van der Waals surface area contributed by atoms with E-state index in [0.717, 1.165) is 41.2 Å². The molecule has 1 saturated heterocycles. The highest BCUT2D eigenvalue weighted by molar-refractivity contribution is 7.07. The highest BCUT2D eigenvalue weighted by Gasteiger charge is 2.20. The summed E-state index contributed by atoms with van der Waals surface area (Å²) in [4.78, 5) is 17.3. The number of rotatable bonds is 5. The molecule has 6 nitrogen and oxygen atoms in total. The first-order valence-electron chi connectivity index (χ1n) is 9.15. The van der Waals surface area contributed by atoms with Crippen LogP contribution in [-0.4, -0.2) is 28.3 Å². The fraction of sp³-hybridized carbons (Fsp3) is 0.238. The third kappa shape index (κ3) is 3.85. The lowest BCUT2D eigenvalue weighted by Gasteiger charge is -2.14. The monoisotopic (exact) mass is 395 g/mol. The number of aromatic nitrogens is 1. The Morgan fingerprint density at radius 2 is 2.11 bits per heavy atom. The number of carbonyl (C=O) groups excluding carboxylic acids is 1. The SMILES string of the molecule is NC(=O)c1cc(-c2csc(=Nc3ccccc3)n2C[C@@H]2CCCO2)ccc1O. The van der Waals surface area contributed by atoms with Crippen LogP contribution in [0.4, 0.5) is 5.69 Å². The van der Waals surface area contributed by atoms with E-state index in [-0.39, 0.29) is 17.4 Å². The number of hydrogen-bond acceptors (Lipinski definition) is 5. The molecule has 1 aliphatic heterocycles. The number of thiazole rings is 1. The zero-order valence-corrected chi connectivity index (χ0v) is 16.1. The summed E-state index contributed by atoms with van der Waals surface area (Å²) in [7, 11) is 0. The molecule has 3 aromatic rings. The minimum Gasteiger partial charge on any atom is -0.507 e. The number of ether oxygens (including phenoxy) is 1. The number of carbonyl (C=O) groups is 1. The zero-order chi connectivity index (χ0) is 19.5. The van der Waals surface area contributed by atoms with Gasteiger partial charge in [-0.15, -0.1) is 11.3 Å². The van der Waals surface area contributed by atoms with Crippen molar-refractivity contribution in [2.24, 2.45) is 10.7 Å². The molecule has 2 aromatic carbocycles. The van der Waals surface area contributed by atoms with Gasteiger partial charge in [-0.25, -0.2) is 4.99 Å². The van der Waals surface area contributed by atoms with E-state index in [2.05, 4.69) is 4.57 Å². The maximum atomic E-state index is 11.6. The van der Waals surface area contributed by atoms with Crippen LogP contribution in [0.5, 0.6) is 5.75 Å². The van der Waals surface area contributed by atoms with Gasteiger partial charge in [-0.2, -0.15) is 0 Å². The lowest BCUT2D eigenvalue weighted by atomic mass is 10.1. The molecule has 3 N–H and O–H groups in total. The Morgan fingerprint density at radius 1 is 1.29 bits per heavy atom. The van der Waals surface area contributed by atoms with Crippen molar-refractivity contribution in [1.82, 2.24) is 4.57 Å². The van der Waals surface area contributed by atoms with Crippen LogP contribution in [0.3, 0.4) is 0 Å². The van der Waals surface area contributed by atoms with Gasteiger partial charge in [0, 0.05) is 17.6 Å². The molecule has 0 spiro atoms. The summed E-state index contributed by atoms with van der Waals surface area (Å²) in [6.07, 6.45) is 2.20. The average molecular weight is 395 g/mol. The lowest BCUT2D eigenvalue weighted by Crippen LogP contribution is -2.24. The number of hydrogen-bond donors (Lipinski definition) is 2. The fourth-order valence-corrected chi connectivity index (χ4v) is 4.26. The smallest absolute Gasteiger partial charge is 0.252 e. The van der Waals surface area contributed by atoms with Gasteiger partial charge in [0.15, 0.2) is 4.80 Å². The summed E-state index contributed by atoms with van der Waals surface area (Å²) < 4.78 is 7.95. The Balaban J connectivity index is 1.82. The molecule has 0 radical (unpaired) electrons. The molecular weight excluding hydrogens is 374 g/mol. The number of phenols is 1. The first-order chi connectivity index (χ1) is 13.6. The second-order valence-corrected chi connectivity index (χ2v) is 7.53. The van der Waals surface area contributed by atoms with Crippen molar-refractivity contribution < 1.29 is 14.6 Å². The molecule has 1 amide bonds. The molecule has 7 heteroatoms. The first-order valence-corrected chi connectivity index (χ1v) is 10.0. The normalized spacial score (nSPS) is 17.1. The quantitative estimate of drug-likeness (QED) is 0.693. The first kappa shape index (κ1) is 18.5. The average Bonchev–Trinajstić information content (AvgIpc) is 3.34. The molecule has 0 unspecified atom stereocenters. The van der Waals surface area contributed by atoms with Crippen LogP contribution in [-0.2, 0) is 11.3 Å². The molecule has 2 heterocycles. The minimum absolute atomic E-state index is 0.105. The van der Waals surface area contributed by atoms with Gasteiger partial charge in [0.05, 0.1) is 29.6 Å². The number of nitrogens with two attached hydrogens (primary N) is 1. The van der Waals surface area contributed by atoms with Crippen molar-refractivity contribution in [3.8, 4) is 17.0 Å². The van der Waals surface area contributed by atoms with E-state index < -0.39 is 5.91 Å². The summed E-state index contributed by atoms with van der Waals surface area (Å²) in [5.74, 6) is -0.777. The Morgan fingerprint density at radius 3 is 2.82 bits per heavy atom. The number of primary amides is 1. The molecule has 1 atom stereocenters. The lowest BCUT2D eigenvalue weighted by molar-refractivity contribution is 0.0967. The number of para-hydroxylation sites is 1. The van der Waals surface area contributed by atoms with Gasteiger partial charge in [-0.3, -0.25) is 4.79 Å². The van der Waals surface area contributed by atoms with Gasteiger partial charge in [0.1, 0.15) is 5.75 Å². The fourth-order valence-electron chi connectivity index (χ4n) is 3.32. The van der Waals surface area contributed by atoms with E-state index in [9.17, 15) is 9.90 Å². The molecule has 0 bridgehead atoms. The zero-order valence-electron chi connectivity index (χ0n) is 15.2. The summed E-state index contributed by atoms with van der Waals surface area (Å²) in [5.41, 5.74) is 8.09. The second-order valence-electron chi connectivity index (χ2n) is 6.69. The Bertz CT molecular complexity index is 1050. The van der Waals surface area contributed by atoms with E-state index in [4.69, 9.17) is 15.5 Å². The molecule has 144 valence electrons. The van der Waals surface area contributed by atoms with E-state index >= 15 is 0 Å². The van der Waals surface area contributed by atoms with E-state index in [1.54, 1.807) is 12.1 Å². The van der Waals surface area contributed by atoms with Gasteiger partial charge < -0.3 is 20.1 Å². The Hall–Kier alpha value is -2.90. The standard InChI is InChI=1S/C21H21N3O3S/c22-20(26)17-11-14(8-9-19(17)25)18-13-28-21(23-15-5-2-1-3-6-15)24(18)12-16-7-4-10-27-16/h1-3,5-6,8-9,11,13,16,25H,4,7,10,12H2,(H2,22,26)/t16-/m0/s1. The molecule has 0 saturated carbocycles.